The number of hydrogen-bond donors (Lipinski definition) is 1. The SMILES string of the molecule is COC(=O)c1c(C)[nH]c(C(=O)O[C@H](C)C(=O)N2CCCCCC2)c1C. The van der Waals surface area contributed by atoms with Crippen molar-refractivity contribution in [2.24, 2.45) is 0 Å². The summed E-state index contributed by atoms with van der Waals surface area (Å²) in [4.78, 5) is 41.4. The second-order valence-electron chi connectivity index (χ2n) is 6.40. The molecule has 1 fully saturated rings. The molecular weight excluding hydrogens is 324 g/mol. The summed E-state index contributed by atoms with van der Waals surface area (Å²) in [5, 5.41) is 0. The monoisotopic (exact) mass is 350 g/mol. The highest BCUT2D eigenvalue weighted by molar-refractivity contribution is 5.99. The molecule has 1 aromatic rings. The quantitative estimate of drug-likeness (QED) is 0.842. The summed E-state index contributed by atoms with van der Waals surface area (Å²) in [7, 11) is 1.29. The number of carbonyl (C=O) groups is 3. The zero-order chi connectivity index (χ0) is 18.6. The molecule has 0 unspecified atom stereocenters. The number of nitrogens with zero attached hydrogens (tertiary/aromatic N) is 1. The summed E-state index contributed by atoms with van der Waals surface area (Å²) in [5.74, 6) is -1.34. The average molecular weight is 350 g/mol. The number of amides is 1. The van der Waals surface area contributed by atoms with E-state index in [9.17, 15) is 14.4 Å². The number of hydrogen-bond acceptors (Lipinski definition) is 5. The lowest BCUT2D eigenvalue weighted by Crippen LogP contribution is -2.40. The summed E-state index contributed by atoms with van der Waals surface area (Å²) < 4.78 is 10.1. The highest BCUT2D eigenvalue weighted by Gasteiger charge is 2.28. The zero-order valence-electron chi connectivity index (χ0n) is 15.3. The van der Waals surface area contributed by atoms with Gasteiger partial charge in [0.2, 0.25) is 0 Å². The summed E-state index contributed by atoms with van der Waals surface area (Å²) in [6.07, 6.45) is 3.33. The van der Waals surface area contributed by atoms with Gasteiger partial charge < -0.3 is 19.4 Å². The number of aromatic nitrogens is 1. The Morgan fingerprint density at radius 1 is 1.04 bits per heavy atom. The summed E-state index contributed by atoms with van der Waals surface area (Å²) in [6.45, 7) is 6.31. The molecular formula is C18H26N2O5. The fraction of sp³-hybridized carbons (Fsp3) is 0.611. The Morgan fingerprint density at radius 2 is 1.64 bits per heavy atom. The molecule has 0 saturated carbocycles. The Hall–Kier alpha value is -2.31. The fourth-order valence-corrected chi connectivity index (χ4v) is 3.18. The molecule has 0 radical (unpaired) electrons. The molecule has 2 heterocycles. The number of rotatable bonds is 4. The molecule has 25 heavy (non-hydrogen) atoms. The minimum Gasteiger partial charge on any atom is -0.465 e. The third kappa shape index (κ3) is 4.21. The minimum atomic E-state index is -0.866. The normalized spacial score (nSPS) is 16.1. The van der Waals surface area contributed by atoms with Crippen molar-refractivity contribution in [1.82, 2.24) is 9.88 Å². The van der Waals surface area contributed by atoms with Gasteiger partial charge in [0.15, 0.2) is 6.10 Å². The largest absolute Gasteiger partial charge is 0.465 e. The van der Waals surface area contributed by atoms with E-state index in [-0.39, 0.29) is 11.6 Å². The average Bonchev–Trinajstić information content (AvgIpc) is 2.77. The fourth-order valence-electron chi connectivity index (χ4n) is 3.18. The molecule has 1 aromatic heterocycles. The molecule has 1 aliphatic rings. The smallest absolute Gasteiger partial charge is 0.355 e. The maximum atomic E-state index is 12.5. The van der Waals surface area contributed by atoms with Gasteiger partial charge in [-0.05, 0) is 39.2 Å². The summed E-state index contributed by atoms with van der Waals surface area (Å²) >= 11 is 0. The van der Waals surface area contributed by atoms with Gasteiger partial charge in [-0.1, -0.05) is 12.8 Å². The van der Waals surface area contributed by atoms with Crippen molar-refractivity contribution in [2.45, 2.75) is 52.6 Å². The Balaban J connectivity index is 2.08. The van der Waals surface area contributed by atoms with Gasteiger partial charge in [0.05, 0.1) is 12.7 Å². The van der Waals surface area contributed by atoms with Crippen LogP contribution in [0.15, 0.2) is 0 Å². The molecule has 7 heteroatoms. The first kappa shape index (κ1) is 19.0. The van der Waals surface area contributed by atoms with Crippen LogP contribution in [-0.2, 0) is 14.3 Å². The van der Waals surface area contributed by atoms with E-state index >= 15 is 0 Å². The lowest BCUT2D eigenvalue weighted by molar-refractivity contribution is -0.139. The molecule has 0 bridgehead atoms. The summed E-state index contributed by atoms with van der Waals surface area (Å²) in [6, 6.07) is 0. The van der Waals surface area contributed by atoms with E-state index in [1.807, 2.05) is 0 Å². The van der Waals surface area contributed by atoms with Crippen molar-refractivity contribution in [1.29, 1.82) is 0 Å². The molecule has 0 aromatic carbocycles. The van der Waals surface area contributed by atoms with E-state index in [0.29, 0.717) is 29.9 Å². The number of ether oxygens (including phenoxy) is 2. The molecule has 1 N–H and O–H groups in total. The van der Waals surface area contributed by atoms with Crippen LogP contribution in [0.3, 0.4) is 0 Å². The van der Waals surface area contributed by atoms with Gasteiger partial charge in [-0.2, -0.15) is 0 Å². The Labute approximate surface area is 147 Å². The van der Waals surface area contributed by atoms with E-state index in [1.54, 1.807) is 25.7 Å². The Kier molecular flexibility index (Phi) is 6.22. The van der Waals surface area contributed by atoms with Crippen molar-refractivity contribution in [3.8, 4) is 0 Å². The predicted octanol–water partition coefficient (Wildman–Crippen LogP) is 2.37. The van der Waals surface area contributed by atoms with Crippen molar-refractivity contribution < 1.29 is 23.9 Å². The van der Waals surface area contributed by atoms with Crippen LogP contribution in [-0.4, -0.2) is 54.0 Å². The molecule has 1 atom stereocenters. The molecule has 1 saturated heterocycles. The van der Waals surface area contributed by atoms with Crippen LogP contribution in [0.2, 0.25) is 0 Å². The van der Waals surface area contributed by atoms with Gasteiger partial charge in [-0.15, -0.1) is 0 Å². The van der Waals surface area contributed by atoms with Crippen molar-refractivity contribution in [3.63, 3.8) is 0 Å². The second kappa shape index (κ2) is 8.18. The number of H-pyrrole nitrogens is 1. The number of methoxy groups -OCH3 is 1. The van der Waals surface area contributed by atoms with E-state index in [0.717, 1.165) is 25.7 Å². The van der Waals surface area contributed by atoms with E-state index in [2.05, 4.69) is 4.98 Å². The third-order valence-electron chi connectivity index (χ3n) is 4.58. The highest BCUT2D eigenvalue weighted by atomic mass is 16.5. The third-order valence-corrected chi connectivity index (χ3v) is 4.58. The first-order valence-corrected chi connectivity index (χ1v) is 8.64. The number of likely N-dealkylation sites (tertiary alicyclic amines) is 1. The van der Waals surface area contributed by atoms with Crippen LogP contribution >= 0.6 is 0 Å². The highest BCUT2D eigenvalue weighted by Crippen LogP contribution is 2.20. The predicted molar refractivity (Wildman–Crippen MR) is 91.5 cm³/mol. The standard InChI is InChI=1S/C18H26N2O5/c1-11-14(17(22)24-4)12(2)19-15(11)18(23)25-13(3)16(21)20-9-7-5-6-8-10-20/h13,19H,5-10H2,1-4H3/t13-/m1/s1. The maximum Gasteiger partial charge on any atom is 0.355 e. The van der Waals surface area contributed by atoms with E-state index < -0.39 is 18.0 Å². The van der Waals surface area contributed by atoms with Crippen LogP contribution < -0.4 is 0 Å². The second-order valence-corrected chi connectivity index (χ2v) is 6.40. The zero-order valence-corrected chi connectivity index (χ0v) is 15.3. The van der Waals surface area contributed by atoms with Crippen LogP contribution in [0.25, 0.3) is 0 Å². The lowest BCUT2D eigenvalue weighted by Gasteiger charge is -2.23. The van der Waals surface area contributed by atoms with Crippen molar-refractivity contribution >= 4 is 17.8 Å². The van der Waals surface area contributed by atoms with Crippen LogP contribution in [0.5, 0.6) is 0 Å². The maximum absolute atomic E-state index is 12.5. The van der Waals surface area contributed by atoms with Gasteiger partial charge >= 0.3 is 11.9 Å². The number of nitrogens with one attached hydrogen (secondary N) is 1. The molecule has 0 spiro atoms. The number of carbonyl (C=O) groups excluding carboxylic acids is 3. The van der Waals surface area contributed by atoms with Crippen LogP contribution in [0, 0.1) is 13.8 Å². The van der Waals surface area contributed by atoms with Crippen LogP contribution in [0.1, 0.15) is 64.7 Å². The van der Waals surface area contributed by atoms with Gasteiger partial charge in [-0.25, -0.2) is 9.59 Å². The number of aryl methyl sites for hydroxylation is 1. The van der Waals surface area contributed by atoms with Crippen LogP contribution in [0.4, 0.5) is 0 Å². The summed E-state index contributed by atoms with van der Waals surface area (Å²) in [5.41, 5.74) is 1.49. The van der Waals surface area contributed by atoms with Gasteiger partial charge in [0, 0.05) is 18.8 Å². The van der Waals surface area contributed by atoms with E-state index in [4.69, 9.17) is 9.47 Å². The molecule has 7 nitrogen and oxygen atoms in total. The minimum absolute atomic E-state index is 0.174. The first-order valence-electron chi connectivity index (χ1n) is 8.64. The number of aromatic amines is 1. The molecule has 1 amide bonds. The molecule has 1 aliphatic heterocycles. The van der Waals surface area contributed by atoms with Gasteiger partial charge in [-0.3, -0.25) is 4.79 Å². The molecule has 138 valence electrons. The Bertz CT molecular complexity index is 657. The molecule has 2 rings (SSSR count). The first-order chi connectivity index (χ1) is 11.9. The Morgan fingerprint density at radius 3 is 2.20 bits per heavy atom. The van der Waals surface area contributed by atoms with Crippen molar-refractivity contribution in [2.75, 3.05) is 20.2 Å². The molecule has 0 aliphatic carbocycles. The lowest BCUT2D eigenvalue weighted by atomic mass is 10.1. The van der Waals surface area contributed by atoms with Crippen molar-refractivity contribution in [3.05, 3.63) is 22.5 Å². The number of esters is 2. The van der Waals surface area contributed by atoms with Gasteiger partial charge in [0.1, 0.15) is 5.69 Å². The van der Waals surface area contributed by atoms with Gasteiger partial charge in [0.25, 0.3) is 5.91 Å². The van der Waals surface area contributed by atoms with E-state index in [1.165, 1.54) is 7.11 Å². The topological polar surface area (TPSA) is 88.7 Å².